The van der Waals surface area contributed by atoms with Gasteiger partial charge >= 0.3 is 0 Å². The molecule has 0 aliphatic carbocycles. The molecule has 0 aliphatic rings. The largest absolute Gasteiger partial charge is 0.294 e. The number of hydrogen-bond acceptors (Lipinski definition) is 2. The van der Waals surface area contributed by atoms with E-state index in [9.17, 15) is 8.42 Å². The monoisotopic (exact) mass is 207 g/mol. The summed E-state index contributed by atoms with van der Waals surface area (Å²) >= 11 is 0. The van der Waals surface area contributed by atoms with Crippen LogP contribution in [0.5, 0.6) is 0 Å². The maximum atomic E-state index is 11.2. The Morgan fingerprint density at radius 1 is 0.923 bits per heavy atom. The van der Waals surface area contributed by atoms with Crippen LogP contribution in [0.2, 0.25) is 0 Å². The molecule has 5 heteroatoms. The van der Waals surface area contributed by atoms with Gasteiger partial charge in [-0.25, -0.2) is 0 Å². The summed E-state index contributed by atoms with van der Waals surface area (Å²) in [6, 6.07) is 0. The summed E-state index contributed by atoms with van der Waals surface area (Å²) in [7, 11) is -3.90. The Morgan fingerprint density at radius 2 is 1.15 bits per heavy atom. The highest BCUT2D eigenvalue weighted by atomic mass is 32.2. The average molecular weight is 207 g/mol. The molecule has 13 heavy (non-hydrogen) atoms. The van der Waals surface area contributed by atoms with Crippen LogP contribution < -0.4 is 5.14 Å². The summed E-state index contributed by atoms with van der Waals surface area (Å²) in [5, 5.41) is 7.10. The summed E-state index contributed by atoms with van der Waals surface area (Å²) in [6.07, 6.45) is 0. The molecule has 0 aromatic rings. The molecule has 0 fully saturated rings. The fraction of sp³-hybridized carbons (Fsp3) is 1.00. The van der Waals surface area contributed by atoms with E-state index in [2.05, 4.69) is 0 Å². The van der Waals surface area contributed by atoms with Gasteiger partial charge in [-0.15, -0.1) is 5.14 Å². The summed E-state index contributed by atoms with van der Waals surface area (Å²) in [5.74, 6) is 0. The third-order valence-electron chi connectivity index (χ3n) is 1.46. The van der Waals surface area contributed by atoms with Gasteiger partial charge in [-0.2, -0.15) is 12.7 Å². The van der Waals surface area contributed by atoms with Gasteiger partial charge in [-0.1, -0.05) is 0 Å². The molecule has 0 heterocycles. The quantitative estimate of drug-likeness (QED) is 0.652. The van der Waals surface area contributed by atoms with Crippen LogP contribution in [0.15, 0.2) is 0 Å². The lowest BCUT2D eigenvalue weighted by atomic mass is 10.0. The first-order valence-electron chi connectivity index (χ1n) is 4.17. The van der Waals surface area contributed by atoms with Crippen LogP contribution in [0.3, 0.4) is 0 Å². The lowest BCUT2D eigenvalue weighted by Gasteiger charge is -2.42. The first-order chi connectivity index (χ1) is 5.37. The minimum atomic E-state index is -3.90. The number of nitrogens with one attached hydrogen (secondary N) is 1. The molecular weight excluding hydrogens is 188 g/mol. The van der Waals surface area contributed by atoms with Crippen molar-refractivity contribution in [1.82, 2.24) is 9.44 Å². The van der Waals surface area contributed by atoms with E-state index in [-0.39, 0.29) is 0 Å². The van der Waals surface area contributed by atoms with Gasteiger partial charge in [-0.05, 0) is 41.5 Å². The number of nitrogens with zero attached hydrogens (tertiary/aromatic N) is 1. The zero-order chi connectivity index (χ0) is 11.1. The zero-order valence-electron chi connectivity index (χ0n) is 9.17. The van der Waals surface area contributed by atoms with E-state index in [0.29, 0.717) is 0 Å². The van der Waals surface area contributed by atoms with Crippen molar-refractivity contribution in [1.29, 1.82) is 0 Å². The van der Waals surface area contributed by atoms with Crippen LogP contribution in [0.4, 0.5) is 0 Å². The Labute approximate surface area is 81.3 Å². The highest BCUT2D eigenvalue weighted by molar-refractivity contribution is 7.86. The highest BCUT2D eigenvalue weighted by Crippen LogP contribution is 2.27. The van der Waals surface area contributed by atoms with E-state index in [1.807, 2.05) is 0 Å². The molecule has 4 nitrogen and oxygen atoms in total. The van der Waals surface area contributed by atoms with Crippen LogP contribution >= 0.6 is 0 Å². The van der Waals surface area contributed by atoms with Crippen LogP contribution in [0, 0.1) is 0 Å². The van der Waals surface area contributed by atoms with Gasteiger partial charge in [0, 0.05) is 11.1 Å². The molecule has 0 saturated carbocycles. The number of hydrogen-bond donors (Lipinski definition) is 0. The van der Waals surface area contributed by atoms with Crippen LogP contribution in [0.25, 0.3) is 0 Å². The van der Waals surface area contributed by atoms with Gasteiger partial charge in [-0.3, -0.25) is 0 Å². The van der Waals surface area contributed by atoms with Crippen molar-refractivity contribution in [3.05, 3.63) is 0 Å². The Kier molecular flexibility index (Phi) is 3.19. The molecule has 0 aromatic carbocycles. The van der Waals surface area contributed by atoms with E-state index in [1.165, 1.54) is 4.31 Å². The van der Waals surface area contributed by atoms with Crippen molar-refractivity contribution in [2.45, 2.75) is 52.6 Å². The normalized spacial score (nSPS) is 15.1. The molecular formula is C8H19N2O2S. The van der Waals surface area contributed by atoms with Gasteiger partial charge < -0.3 is 0 Å². The Bertz CT molecular complexity index is 255. The van der Waals surface area contributed by atoms with E-state index in [0.717, 1.165) is 0 Å². The van der Waals surface area contributed by atoms with E-state index >= 15 is 0 Å². The first-order valence-corrected chi connectivity index (χ1v) is 5.61. The van der Waals surface area contributed by atoms with Gasteiger partial charge in [0.25, 0.3) is 10.2 Å². The SMILES string of the molecule is CC(C)(C)N(C(C)(C)C)S([NH])(=O)=O. The van der Waals surface area contributed by atoms with Crippen molar-refractivity contribution in [2.75, 3.05) is 0 Å². The van der Waals surface area contributed by atoms with Gasteiger partial charge in [0.05, 0.1) is 0 Å². The van der Waals surface area contributed by atoms with Crippen molar-refractivity contribution in [3.63, 3.8) is 0 Å². The van der Waals surface area contributed by atoms with Gasteiger partial charge in [0.15, 0.2) is 0 Å². The third-order valence-corrected chi connectivity index (χ3v) is 3.04. The number of rotatable bonds is 1. The van der Waals surface area contributed by atoms with Crippen LogP contribution in [-0.2, 0) is 10.2 Å². The Morgan fingerprint density at radius 3 is 1.15 bits per heavy atom. The predicted molar refractivity (Wildman–Crippen MR) is 53.4 cm³/mol. The lowest BCUT2D eigenvalue weighted by Crippen LogP contribution is -2.55. The van der Waals surface area contributed by atoms with Gasteiger partial charge in [0.2, 0.25) is 0 Å². The fourth-order valence-electron chi connectivity index (χ4n) is 1.73. The minimum absolute atomic E-state index is 0.557. The second-order valence-electron chi connectivity index (χ2n) is 5.11. The van der Waals surface area contributed by atoms with Crippen molar-refractivity contribution < 1.29 is 8.42 Å². The van der Waals surface area contributed by atoms with Crippen molar-refractivity contribution in [3.8, 4) is 0 Å². The third kappa shape index (κ3) is 3.62. The van der Waals surface area contributed by atoms with E-state index in [1.54, 1.807) is 41.5 Å². The summed E-state index contributed by atoms with van der Waals surface area (Å²) < 4.78 is 23.6. The highest BCUT2D eigenvalue weighted by Gasteiger charge is 2.39. The van der Waals surface area contributed by atoms with Gasteiger partial charge in [0.1, 0.15) is 0 Å². The van der Waals surface area contributed by atoms with Crippen molar-refractivity contribution >= 4 is 10.2 Å². The predicted octanol–water partition coefficient (Wildman–Crippen LogP) is 1.41. The molecule has 0 saturated heterocycles. The summed E-state index contributed by atoms with van der Waals surface area (Å²) in [4.78, 5) is 0. The summed E-state index contributed by atoms with van der Waals surface area (Å²) in [5.41, 5.74) is -1.11. The maximum absolute atomic E-state index is 11.2. The molecule has 0 bridgehead atoms. The molecule has 1 N–H and O–H groups in total. The first kappa shape index (κ1) is 12.9. The second kappa shape index (κ2) is 3.22. The average Bonchev–Trinajstić information content (AvgIpc) is 1.44. The molecule has 0 unspecified atom stereocenters. The van der Waals surface area contributed by atoms with Crippen molar-refractivity contribution in [2.24, 2.45) is 0 Å². The molecule has 0 spiro atoms. The molecule has 0 atom stereocenters. The topological polar surface area (TPSA) is 61.2 Å². The fourth-order valence-corrected chi connectivity index (χ4v) is 3.17. The molecule has 79 valence electrons. The lowest BCUT2D eigenvalue weighted by molar-refractivity contribution is 0.139. The minimum Gasteiger partial charge on any atom is -0.194 e. The van der Waals surface area contributed by atoms with E-state index in [4.69, 9.17) is 5.14 Å². The summed E-state index contributed by atoms with van der Waals surface area (Å²) in [6.45, 7) is 10.7. The molecule has 0 aliphatic heterocycles. The smallest absolute Gasteiger partial charge is 0.194 e. The van der Waals surface area contributed by atoms with Crippen LogP contribution in [-0.4, -0.2) is 23.8 Å². The van der Waals surface area contributed by atoms with E-state index < -0.39 is 21.3 Å². The Hall–Kier alpha value is -0.130. The Balaban J connectivity index is 5.28. The molecule has 0 amide bonds. The van der Waals surface area contributed by atoms with Crippen LogP contribution in [0.1, 0.15) is 41.5 Å². The molecule has 1 radical (unpaired) electrons. The second-order valence-corrected chi connectivity index (χ2v) is 6.43. The standard InChI is InChI=1S/C8H19N2O2S/c1-7(2,3)10(8(4,5)6)13(9,11)12/h9H,1-6H3. The maximum Gasteiger partial charge on any atom is 0.294 e. The molecule has 0 aromatic heterocycles. The zero-order valence-corrected chi connectivity index (χ0v) is 9.99. The molecule has 0 rings (SSSR count).